The van der Waals surface area contributed by atoms with Crippen LogP contribution < -0.4 is 10.0 Å². The van der Waals surface area contributed by atoms with Gasteiger partial charge in [0.1, 0.15) is 0 Å². The molecule has 0 aliphatic rings. The molecule has 0 bridgehead atoms. The van der Waals surface area contributed by atoms with Gasteiger partial charge in [-0.1, -0.05) is 69.6 Å². The summed E-state index contributed by atoms with van der Waals surface area (Å²) in [5.41, 5.74) is 3.60. The maximum Gasteiger partial charge on any atom is 0.333 e. The molecule has 1 heterocycles. The maximum atomic E-state index is 13.3. The fourth-order valence-electron chi connectivity index (χ4n) is 3.77. The lowest BCUT2D eigenvalue weighted by atomic mass is 9.92. The van der Waals surface area contributed by atoms with Gasteiger partial charge in [-0.25, -0.2) is 9.52 Å². The molecule has 1 aromatic heterocycles. The summed E-state index contributed by atoms with van der Waals surface area (Å²) in [6.07, 6.45) is 1.74. The summed E-state index contributed by atoms with van der Waals surface area (Å²) >= 11 is 6.31. The zero-order valence-corrected chi connectivity index (χ0v) is 22.2. The quantitative estimate of drug-likeness (QED) is 0.397. The van der Waals surface area contributed by atoms with Crippen LogP contribution in [0.4, 0.5) is 10.5 Å². The first-order valence-corrected chi connectivity index (χ1v) is 13.2. The number of rotatable bonds is 9. The Labute approximate surface area is 212 Å². The number of aryl methyl sites for hydroxylation is 1. The minimum atomic E-state index is -4.21. The molecular weight excluding hydrogens is 486 g/mol. The molecule has 0 aliphatic heterocycles. The Bertz CT molecular complexity index is 1240. The molecule has 0 saturated carbocycles. The number of nitrogens with one attached hydrogen (secondary N) is 2. The van der Waals surface area contributed by atoms with Crippen LogP contribution in [0.15, 0.2) is 54.7 Å². The predicted molar refractivity (Wildman–Crippen MR) is 140 cm³/mol. The Morgan fingerprint density at radius 2 is 1.63 bits per heavy atom. The van der Waals surface area contributed by atoms with Gasteiger partial charge >= 0.3 is 16.2 Å². The number of carbonyl (C=O) groups excluding carboxylic acids is 1. The van der Waals surface area contributed by atoms with Gasteiger partial charge in [-0.2, -0.15) is 17.8 Å². The largest absolute Gasteiger partial charge is 0.333 e. The second-order valence-corrected chi connectivity index (χ2v) is 11.2. The van der Waals surface area contributed by atoms with Gasteiger partial charge in [0.25, 0.3) is 0 Å². The lowest BCUT2D eigenvalue weighted by Crippen LogP contribution is -2.44. The molecule has 2 aromatic carbocycles. The van der Waals surface area contributed by atoms with E-state index in [9.17, 15) is 13.2 Å². The smallest absolute Gasteiger partial charge is 0.307 e. The number of anilines is 1. The highest BCUT2D eigenvalue weighted by atomic mass is 35.5. The Balaban J connectivity index is 1.88. The van der Waals surface area contributed by atoms with Crippen molar-refractivity contribution in [1.29, 1.82) is 0 Å². The highest BCUT2D eigenvalue weighted by Gasteiger charge is 2.27. The summed E-state index contributed by atoms with van der Waals surface area (Å²) in [7, 11) is -2.45. The van der Waals surface area contributed by atoms with E-state index in [1.165, 1.54) is 4.31 Å². The second-order valence-electron chi connectivity index (χ2n) is 9.06. The van der Waals surface area contributed by atoms with E-state index < -0.39 is 16.2 Å². The Hall–Kier alpha value is -2.88. The average Bonchev–Trinajstić information content (AvgIpc) is 3.19. The van der Waals surface area contributed by atoms with Crippen LogP contribution in [0.3, 0.4) is 0 Å². The summed E-state index contributed by atoms with van der Waals surface area (Å²) in [5.74, 6) is 0.133. The van der Waals surface area contributed by atoms with Gasteiger partial charge in [-0.3, -0.25) is 4.68 Å². The van der Waals surface area contributed by atoms with Crippen molar-refractivity contribution >= 4 is 33.5 Å². The molecule has 188 valence electrons. The fourth-order valence-corrected chi connectivity index (χ4v) is 5.04. The third kappa shape index (κ3) is 7.06. The number of halogens is 1. The molecule has 0 radical (unpaired) electrons. The molecule has 2 N–H and O–H groups in total. The second kappa shape index (κ2) is 11.2. The van der Waals surface area contributed by atoms with Crippen LogP contribution in [0.5, 0.6) is 0 Å². The van der Waals surface area contributed by atoms with E-state index in [1.807, 2.05) is 58.0 Å². The molecule has 35 heavy (non-hydrogen) atoms. The van der Waals surface area contributed by atoms with E-state index in [-0.39, 0.29) is 24.9 Å². The summed E-state index contributed by atoms with van der Waals surface area (Å²) in [6.45, 7) is 8.05. The minimum absolute atomic E-state index is 0.00772. The molecule has 2 amide bonds. The average molecular weight is 518 g/mol. The van der Waals surface area contributed by atoms with Gasteiger partial charge in [0, 0.05) is 30.5 Å². The predicted octanol–water partition coefficient (Wildman–Crippen LogP) is 5.39. The molecule has 3 aromatic rings. The van der Waals surface area contributed by atoms with Gasteiger partial charge in [0.15, 0.2) is 0 Å². The van der Waals surface area contributed by atoms with E-state index in [1.54, 1.807) is 36.1 Å². The number of hydrogen-bond acceptors (Lipinski definition) is 4. The van der Waals surface area contributed by atoms with E-state index in [0.717, 1.165) is 16.7 Å². The number of carbonyl (C=O) groups is 1. The number of hydrogen-bond donors (Lipinski definition) is 2. The van der Waals surface area contributed by atoms with Gasteiger partial charge in [0.2, 0.25) is 0 Å². The zero-order valence-electron chi connectivity index (χ0n) is 20.6. The van der Waals surface area contributed by atoms with Crippen molar-refractivity contribution in [3.63, 3.8) is 0 Å². The maximum absolute atomic E-state index is 13.3. The Morgan fingerprint density at radius 3 is 2.14 bits per heavy atom. The molecule has 10 heteroatoms. The first-order valence-electron chi connectivity index (χ1n) is 11.4. The van der Waals surface area contributed by atoms with E-state index >= 15 is 0 Å². The third-order valence-electron chi connectivity index (χ3n) is 5.52. The van der Waals surface area contributed by atoms with Gasteiger partial charge in [-0.05, 0) is 46.7 Å². The highest BCUT2D eigenvalue weighted by molar-refractivity contribution is 7.87. The van der Waals surface area contributed by atoms with E-state index in [4.69, 9.17) is 11.6 Å². The molecule has 0 spiro atoms. The van der Waals surface area contributed by atoms with Crippen molar-refractivity contribution in [2.45, 2.75) is 52.6 Å². The normalized spacial score (nSPS) is 11.9. The van der Waals surface area contributed by atoms with Crippen molar-refractivity contribution in [2.24, 2.45) is 7.05 Å². The van der Waals surface area contributed by atoms with Crippen LogP contribution in [0.2, 0.25) is 5.02 Å². The van der Waals surface area contributed by atoms with Crippen LogP contribution in [-0.2, 0) is 30.3 Å². The zero-order chi connectivity index (χ0) is 25.8. The van der Waals surface area contributed by atoms with Crippen LogP contribution in [0.1, 0.15) is 61.9 Å². The van der Waals surface area contributed by atoms with E-state index in [0.29, 0.717) is 16.4 Å². The van der Waals surface area contributed by atoms with Crippen molar-refractivity contribution in [2.75, 3.05) is 5.32 Å². The summed E-state index contributed by atoms with van der Waals surface area (Å²) in [5, 5.41) is 7.64. The molecule has 8 nitrogen and oxygen atoms in total. The lowest BCUT2D eigenvalue weighted by molar-refractivity contribution is 0.255. The van der Waals surface area contributed by atoms with Crippen molar-refractivity contribution < 1.29 is 13.2 Å². The minimum Gasteiger partial charge on any atom is -0.307 e. The van der Waals surface area contributed by atoms with Crippen molar-refractivity contribution in [3.8, 4) is 0 Å². The lowest BCUT2D eigenvalue weighted by Gasteiger charge is -2.24. The monoisotopic (exact) mass is 517 g/mol. The number of urea groups is 1. The van der Waals surface area contributed by atoms with Crippen LogP contribution >= 0.6 is 11.6 Å². The van der Waals surface area contributed by atoms with E-state index in [2.05, 4.69) is 15.1 Å². The molecule has 0 aliphatic carbocycles. The SMILES string of the molecule is CC(C)c1cc(Cl)cc(C(C)C)c1NC(=O)NS(=O)(=O)N(Cc1ccccc1)Cc1ccn(C)n1. The standard InChI is InChI=1S/C25H32ClN5O3S/c1-17(2)22-13-20(26)14-23(18(3)4)24(22)27-25(32)29-35(33,34)31(15-19-9-7-6-8-10-19)16-21-11-12-30(5)28-21/h6-14,17-18H,15-16H2,1-5H3,(H2,27,29,32). The van der Waals surface area contributed by atoms with Crippen LogP contribution in [0.25, 0.3) is 0 Å². The topological polar surface area (TPSA) is 96.3 Å². The molecule has 0 fully saturated rings. The number of amides is 2. The van der Waals surface area contributed by atoms with Crippen LogP contribution in [-0.4, -0.2) is 28.5 Å². The molecule has 0 atom stereocenters. The van der Waals surface area contributed by atoms with Gasteiger partial charge < -0.3 is 5.32 Å². The summed E-state index contributed by atoms with van der Waals surface area (Å²) in [6, 6.07) is 13.7. The van der Waals surface area contributed by atoms with Crippen molar-refractivity contribution in [3.05, 3.63) is 82.1 Å². The Morgan fingerprint density at radius 1 is 1.03 bits per heavy atom. The van der Waals surface area contributed by atoms with Crippen LogP contribution in [0, 0.1) is 0 Å². The molecule has 0 saturated heterocycles. The summed E-state index contributed by atoms with van der Waals surface area (Å²) < 4.78 is 31.6. The fraction of sp³-hybridized carbons (Fsp3) is 0.360. The van der Waals surface area contributed by atoms with Gasteiger partial charge in [0.05, 0.1) is 12.2 Å². The first-order chi connectivity index (χ1) is 16.5. The van der Waals surface area contributed by atoms with Crippen molar-refractivity contribution in [1.82, 2.24) is 18.8 Å². The highest BCUT2D eigenvalue weighted by Crippen LogP contribution is 2.35. The Kier molecular flexibility index (Phi) is 8.58. The third-order valence-corrected chi connectivity index (χ3v) is 7.12. The summed E-state index contributed by atoms with van der Waals surface area (Å²) in [4.78, 5) is 13.0. The number of aromatic nitrogens is 2. The van der Waals surface area contributed by atoms with Gasteiger partial charge in [-0.15, -0.1) is 0 Å². The molecule has 3 rings (SSSR count). The molecular formula is C25H32ClN5O3S. The molecule has 0 unspecified atom stereocenters. The number of benzene rings is 2. The number of nitrogens with zero attached hydrogens (tertiary/aromatic N) is 3. The first kappa shape index (κ1) is 26.7.